The lowest BCUT2D eigenvalue weighted by atomic mass is 10.00. The van der Waals surface area contributed by atoms with Crippen molar-refractivity contribution in [1.29, 1.82) is 0 Å². The molecular formula is C16H19N3OS. The molecule has 1 aliphatic rings. The largest absolute Gasteiger partial charge is 0.327 e. The van der Waals surface area contributed by atoms with Crippen LogP contribution in [0.2, 0.25) is 0 Å². The van der Waals surface area contributed by atoms with Gasteiger partial charge in [0.25, 0.3) is 0 Å². The van der Waals surface area contributed by atoms with E-state index in [1.807, 2.05) is 30.3 Å². The van der Waals surface area contributed by atoms with Gasteiger partial charge in [0.2, 0.25) is 5.91 Å². The van der Waals surface area contributed by atoms with Gasteiger partial charge in [-0.1, -0.05) is 36.8 Å². The molecule has 21 heavy (non-hydrogen) atoms. The van der Waals surface area contributed by atoms with Gasteiger partial charge in [-0.3, -0.25) is 4.79 Å². The summed E-state index contributed by atoms with van der Waals surface area (Å²) in [5.41, 5.74) is 9.65. The molecule has 0 saturated heterocycles. The minimum atomic E-state index is 0.0405. The Bertz CT molecular complexity index is 611. The molecule has 1 saturated carbocycles. The Morgan fingerprint density at radius 2 is 2.14 bits per heavy atom. The number of nitrogens with two attached hydrogens (primary N) is 1. The zero-order chi connectivity index (χ0) is 14.7. The maximum absolute atomic E-state index is 12.2. The number of thiazole rings is 1. The fraction of sp³-hybridized carbons (Fsp3) is 0.375. The predicted molar refractivity (Wildman–Crippen MR) is 86.1 cm³/mol. The van der Waals surface area contributed by atoms with E-state index in [0.717, 1.165) is 35.5 Å². The molecule has 5 heteroatoms. The van der Waals surface area contributed by atoms with Gasteiger partial charge in [0, 0.05) is 18.0 Å². The molecule has 0 bridgehead atoms. The summed E-state index contributed by atoms with van der Waals surface area (Å²) in [4.78, 5) is 16.6. The van der Waals surface area contributed by atoms with E-state index in [2.05, 4.69) is 10.3 Å². The number of rotatable bonds is 4. The third kappa shape index (κ3) is 3.31. The Morgan fingerprint density at radius 3 is 2.86 bits per heavy atom. The summed E-state index contributed by atoms with van der Waals surface area (Å²) in [5.74, 6) is 0.358. The van der Waals surface area contributed by atoms with Gasteiger partial charge in [-0.05, 0) is 18.8 Å². The molecule has 1 aromatic carbocycles. The molecule has 3 rings (SSSR count). The number of nitrogens with zero attached hydrogens (tertiary/aromatic N) is 1. The van der Waals surface area contributed by atoms with Crippen LogP contribution in [0.3, 0.4) is 0 Å². The smallest absolute Gasteiger partial charge is 0.225 e. The molecule has 110 valence electrons. The van der Waals surface area contributed by atoms with Crippen molar-refractivity contribution < 1.29 is 4.79 Å². The van der Waals surface area contributed by atoms with Crippen LogP contribution in [0.15, 0.2) is 35.8 Å². The number of anilines is 1. The third-order valence-corrected chi connectivity index (χ3v) is 4.78. The van der Waals surface area contributed by atoms with Crippen molar-refractivity contribution in [3.63, 3.8) is 0 Å². The van der Waals surface area contributed by atoms with Crippen molar-refractivity contribution in [3.05, 3.63) is 35.8 Å². The maximum atomic E-state index is 12.2. The zero-order valence-corrected chi connectivity index (χ0v) is 12.6. The maximum Gasteiger partial charge on any atom is 0.225 e. The van der Waals surface area contributed by atoms with Gasteiger partial charge in [0.05, 0.1) is 5.51 Å². The Labute approximate surface area is 128 Å². The molecule has 1 aliphatic carbocycles. The molecule has 1 fully saturated rings. The lowest BCUT2D eigenvalue weighted by molar-refractivity contribution is -0.117. The Balaban J connectivity index is 1.68. The van der Waals surface area contributed by atoms with Crippen LogP contribution in [0.5, 0.6) is 0 Å². The third-order valence-electron chi connectivity index (χ3n) is 4.03. The molecule has 0 radical (unpaired) electrons. The number of aromatic nitrogens is 1. The highest BCUT2D eigenvalue weighted by molar-refractivity contribution is 7.14. The van der Waals surface area contributed by atoms with Gasteiger partial charge in [-0.2, -0.15) is 0 Å². The van der Waals surface area contributed by atoms with Gasteiger partial charge in [-0.15, -0.1) is 11.3 Å². The molecule has 1 heterocycles. The first-order chi connectivity index (χ1) is 10.2. The predicted octanol–water partition coefficient (Wildman–Crippen LogP) is 3.27. The van der Waals surface area contributed by atoms with Crippen LogP contribution in [0, 0.1) is 5.92 Å². The molecule has 1 amide bonds. The topological polar surface area (TPSA) is 68.0 Å². The minimum Gasteiger partial charge on any atom is -0.327 e. The summed E-state index contributed by atoms with van der Waals surface area (Å²) in [6.45, 7) is 0. The molecule has 3 N–H and O–H groups in total. The van der Waals surface area contributed by atoms with Crippen molar-refractivity contribution in [3.8, 4) is 11.3 Å². The van der Waals surface area contributed by atoms with Crippen LogP contribution in [0.25, 0.3) is 11.3 Å². The monoisotopic (exact) mass is 301 g/mol. The van der Waals surface area contributed by atoms with E-state index in [4.69, 9.17) is 5.73 Å². The second-order valence-corrected chi connectivity index (χ2v) is 6.36. The average molecular weight is 301 g/mol. The number of amides is 1. The molecule has 0 spiro atoms. The summed E-state index contributed by atoms with van der Waals surface area (Å²) < 4.78 is 0. The average Bonchev–Trinajstić information content (AvgIpc) is 3.10. The lowest BCUT2D eigenvalue weighted by Gasteiger charge is -2.14. The summed E-state index contributed by atoms with van der Waals surface area (Å²) >= 11 is 1.46. The van der Waals surface area contributed by atoms with Gasteiger partial charge in [0.1, 0.15) is 10.7 Å². The summed E-state index contributed by atoms with van der Waals surface area (Å²) in [7, 11) is 0. The van der Waals surface area contributed by atoms with Crippen LogP contribution >= 0.6 is 11.3 Å². The first kappa shape index (κ1) is 14.2. The highest BCUT2D eigenvalue weighted by atomic mass is 32.1. The number of carbonyl (C=O) groups excluding carboxylic acids is 1. The summed E-state index contributed by atoms with van der Waals surface area (Å²) in [6, 6.07) is 10.1. The van der Waals surface area contributed by atoms with E-state index in [1.54, 1.807) is 5.51 Å². The van der Waals surface area contributed by atoms with E-state index in [0.29, 0.717) is 12.3 Å². The summed E-state index contributed by atoms with van der Waals surface area (Å²) in [6.07, 6.45) is 3.73. The number of nitrogens with one attached hydrogen (secondary N) is 1. The van der Waals surface area contributed by atoms with E-state index >= 15 is 0 Å². The number of carbonyl (C=O) groups is 1. The molecule has 0 unspecified atom stereocenters. The van der Waals surface area contributed by atoms with Crippen LogP contribution in [0.4, 0.5) is 5.00 Å². The Morgan fingerprint density at radius 1 is 1.33 bits per heavy atom. The Hall–Kier alpha value is -1.72. The SMILES string of the molecule is N[C@@H]1CCC[C@H]1CC(=O)Nc1scnc1-c1ccccc1. The van der Waals surface area contributed by atoms with E-state index in [-0.39, 0.29) is 11.9 Å². The van der Waals surface area contributed by atoms with Crippen molar-refractivity contribution in [1.82, 2.24) is 4.98 Å². The second kappa shape index (κ2) is 6.37. The van der Waals surface area contributed by atoms with Crippen LogP contribution in [0.1, 0.15) is 25.7 Å². The first-order valence-electron chi connectivity index (χ1n) is 7.28. The van der Waals surface area contributed by atoms with Crippen LogP contribution in [-0.2, 0) is 4.79 Å². The number of benzene rings is 1. The molecule has 2 atom stereocenters. The summed E-state index contributed by atoms with van der Waals surface area (Å²) in [5, 5.41) is 3.82. The van der Waals surface area contributed by atoms with Crippen LogP contribution < -0.4 is 11.1 Å². The van der Waals surface area contributed by atoms with Gasteiger partial charge >= 0.3 is 0 Å². The zero-order valence-electron chi connectivity index (χ0n) is 11.8. The molecule has 2 aromatic rings. The standard InChI is InChI=1S/C16H19N3OS/c17-13-8-4-7-12(13)9-14(20)19-16-15(18-10-21-16)11-5-2-1-3-6-11/h1-3,5-6,10,12-13H,4,7-9,17H2,(H,19,20)/t12-,13+/m0/s1. The molecular weight excluding hydrogens is 282 g/mol. The second-order valence-electron chi connectivity index (χ2n) is 5.50. The fourth-order valence-corrected chi connectivity index (χ4v) is 3.59. The van der Waals surface area contributed by atoms with Gasteiger partial charge in [0.15, 0.2) is 0 Å². The van der Waals surface area contributed by atoms with Gasteiger partial charge in [-0.25, -0.2) is 4.98 Å². The number of hydrogen-bond acceptors (Lipinski definition) is 4. The normalized spacial score (nSPS) is 21.4. The quantitative estimate of drug-likeness (QED) is 0.910. The Kier molecular flexibility index (Phi) is 4.31. The van der Waals surface area contributed by atoms with Crippen LogP contribution in [-0.4, -0.2) is 16.9 Å². The highest BCUT2D eigenvalue weighted by Crippen LogP contribution is 2.31. The van der Waals surface area contributed by atoms with Crippen molar-refractivity contribution in [2.45, 2.75) is 31.7 Å². The van der Waals surface area contributed by atoms with E-state index < -0.39 is 0 Å². The van der Waals surface area contributed by atoms with Crippen molar-refractivity contribution in [2.24, 2.45) is 11.7 Å². The molecule has 1 aromatic heterocycles. The van der Waals surface area contributed by atoms with Crippen molar-refractivity contribution in [2.75, 3.05) is 5.32 Å². The van der Waals surface area contributed by atoms with Crippen molar-refractivity contribution >= 4 is 22.2 Å². The number of hydrogen-bond donors (Lipinski definition) is 2. The van der Waals surface area contributed by atoms with E-state index in [1.165, 1.54) is 11.3 Å². The van der Waals surface area contributed by atoms with Gasteiger partial charge < -0.3 is 11.1 Å². The minimum absolute atomic E-state index is 0.0405. The van der Waals surface area contributed by atoms with E-state index in [9.17, 15) is 4.79 Å². The molecule has 0 aliphatic heterocycles. The fourth-order valence-electron chi connectivity index (χ4n) is 2.87. The highest BCUT2D eigenvalue weighted by Gasteiger charge is 2.26. The first-order valence-corrected chi connectivity index (χ1v) is 8.16. The molecule has 4 nitrogen and oxygen atoms in total. The lowest BCUT2D eigenvalue weighted by Crippen LogP contribution is -2.28.